The van der Waals surface area contributed by atoms with Crippen molar-refractivity contribution in [3.63, 3.8) is 0 Å². The molecule has 1 aliphatic heterocycles. The van der Waals surface area contributed by atoms with Gasteiger partial charge in [-0.05, 0) is 58.9 Å². The average Bonchev–Trinajstić information content (AvgIpc) is 2.61. The quantitative estimate of drug-likeness (QED) is 0.453. The van der Waals surface area contributed by atoms with Crippen LogP contribution >= 0.6 is 0 Å². The van der Waals surface area contributed by atoms with E-state index in [1.807, 2.05) is 6.92 Å². The van der Waals surface area contributed by atoms with Crippen LogP contribution in [0.15, 0.2) is 12.1 Å². The van der Waals surface area contributed by atoms with E-state index in [9.17, 15) is 36.7 Å². The highest BCUT2D eigenvalue weighted by Gasteiger charge is 2.83. The second kappa shape index (κ2) is 8.17. The van der Waals surface area contributed by atoms with Crippen LogP contribution in [0.3, 0.4) is 0 Å². The number of rotatable bonds is 6. The predicted molar refractivity (Wildman–Crippen MR) is 116 cm³/mol. The molecular formula is C24H29F6N3O2. The van der Waals surface area contributed by atoms with Crippen molar-refractivity contribution in [2.75, 3.05) is 11.9 Å². The summed E-state index contributed by atoms with van der Waals surface area (Å²) < 4.78 is 86.7. The number of hydrogen-bond donors (Lipinski definition) is 3. The number of anilines is 1. The van der Waals surface area contributed by atoms with Crippen LogP contribution in [0.4, 0.5) is 32.0 Å². The summed E-state index contributed by atoms with van der Waals surface area (Å²) in [5.74, 6) is -0.145. The van der Waals surface area contributed by atoms with E-state index in [-0.39, 0.29) is 61.4 Å². The first-order valence-corrected chi connectivity index (χ1v) is 11.6. The molecular weight excluding hydrogens is 476 g/mol. The first-order chi connectivity index (χ1) is 16.0. The average molecular weight is 506 g/mol. The van der Waals surface area contributed by atoms with Crippen LogP contribution in [0.5, 0.6) is 5.75 Å². The zero-order valence-electron chi connectivity index (χ0n) is 19.7. The van der Waals surface area contributed by atoms with E-state index in [2.05, 4.69) is 10.6 Å². The van der Waals surface area contributed by atoms with Gasteiger partial charge in [0.05, 0.1) is 27.8 Å². The Kier molecular flexibility index (Phi) is 6.04. The second-order valence-electron chi connectivity index (χ2n) is 10.9. The van der Waals surface area contributed by atoms with Crippen LogP contribution in [-0.4, -0.2) is 41.6 Å². The molecule has 4 aliphatic rings. The van der Waals surface area contributed by atoms with E-state index in [4.69, 9.17) is 4.74 Å². The fourth-order valence-electron chi connectivity index (χ4n) is 6.29. The molecule has 3 aliphatic carbocycles. The molecule has 0 spiro atoms. The van der Waals surface area contributed by atoms with Crippen LogP contribution in [0.1, 0.15) is 64.0 Å². The highest BCUT2D eigenvalue weighted by molar-refractivity contribution is 5.66. The minimum absolute atomic E-state index is 0.0922. The summed E-state index contributed by atoms with van der Waals surface area (Å²) in [4.78, 5) is 0. The van der Waals surface area contributed by atoms with Gasteiger partial charge in [-0.1, -0.05) is 0 Å². The maximum absolute atomic E-state index is 13.7. The molecule has 3 N–H and O–H groups in total. The third kappa shape index (κ3) is 4.33. The lowest BCUT2D eigenvalue weighted by atomic mass is 9.29. The minimum atomic E-state index is -4.72. The number of benzene rings is 1. The standard InChI is InChI=1S/C24H29F6N3O2/c1-13(2)32-19-15(8-31)4-17(5-18(19)23(25,26)27)35-9-16-7-22(34,6-14(3)33-16)20-10-21(11-20,12-20)24(28,29)30/h4-5,13-14,16,32-34H,6-7,9-12H2,1-3H3/t14-,16-,20?,21?,22-/m0/s1. The van der Waals surface area contributed by atoms with Gasteiger partial charge in [-0.3, -0.25) is 0 Å². The molecule has 5 rings (SSSR count). The van der Waals surface area contributed by atoms with Gasteiger partial charge in [0.2, 0.25) is 0 Å². The third-order valence-electron chi connectivity index (χ3n) is 7.79. The van der Waals surface area contributed by atoms with Crippen molar-refractivity contribution in [2.45, 2.75) is 89.0 Å². The number of nitrogens with one attached hydrogen (secondary N) is 2. The van der Waals surface area contributed by atoms with Gasteiger partial charge >= 0.3 is 12.4 Å². The summed E-state index contributed by atoms with van der Waals surface area (Å²) in [5, 5.41) is 26.7. The normalized spacial score (nSPS) is 34.6. The summed E-state index contributed by atoms with van der Waals surface area (Å²) in [6.45, 7) is 5.02. The molecule has 5 nitrogen and oxygen atoms in total. The van der Waals surface area contributed by atoms with Gasteiger partial charge in [0.15, 0.2) is 0 Å². The van der Waals surface area contributed by atoms with Crippen molar-refractivity contribution in [1.29, 1.82) is 5.26 Å². The lowest BCUT2D eigenvalue weighted by molar-refractivity contribution is -0.403. The SMILES string of the molecule is CC(C)Nc1c(C#N)cc(OC[C@@H]2C[C@](O)(C34CC(C(F)(F)F)(C3)C4)C[C@H](C)N2)cc1C(F)(F)F. The Bertz CT molecular complexity index is 1010. The van der Waals surface area contributed by atoms with Crippen molar-refractivity contribution >= 4 is 5.69 Å². The Morgan fingerprint density at radius 1 is 1.17 bits per heavy atom. The van der Waals surface area contributed by atoms with Crippen LogP contribution in [0, 0.1) is 22.2 Å². The Labute approximate surface area is 199 Å². The van der Waals surface area contributed by atoms with Gasteiger partial charge in [0, 0.05) is 29.6 Å². The molecule has 4 fully saturated rings. The Morgan fingerprint density at radius 3 is 2.31 bits per heavy atom. The topological polar surface area (TPSA) is 77.3 Å². The number of halogens is 6. The summed E-state index contributed by atoms with van der Waals surface area (Å²) in [6, 6.07) is 2.81. The molecule has 2 bridgehead atoms. The van der Waals surface area contributed by atoms with Crippen LogP contribution in [-0.2, 0) is 6.18 Å². The van der Waals surface area contributed by atoms with E-state index < -0.39 is 40.4 Å². The molecule has 11 heteroatoms. The molecule has 3 saturated carbocycles. The number of piperidine rings is 1. The molecule has 0 unspecified atom stereocenters. The van der Waals surface area contributed by atoms with E-state index in [0.29, 0.717) is 6.42 Å². The van der Waals surface area contributed by atoms with Crippen molar-refractivity contribution in [1.82, 2.24) is 5.32 Å². The Balaban J connectivity index is 1.49. The van der Waals surface area contributed by atoms with Crippen LogP contribution in [0.2, 0.25) is 0 Å². The molecule has 0 aromatic heterocycles. The molecule has 194 valence electrons. The summed E-state index contributed by atoms with van der Waals surface area (Å²) >= 11 is 0. The summed E-state index contributed by atoms with van der Waals surface area (Å²) in [6.07, 6.45) is -8.85. The highest BCUT2D eigenvalue weighted by Crippen LogP contribution is 2.82. The summed E-state index contributed by atoms with van der Waals surface area (Å²) in [5.41, 5.74) is -5.32. The molecule has 1 aromatic carbocycles. The van der Waals surface area contributed by atoms with E-state index in [1.54, 1.807) is 19.9 Å². The highest BCUT2D eigenvalue weighted by atomic mass is 19.4. The second-order valence-corrected chi connectivity index (χ2v) is 10.9. The molecule has 3 atom stereocenters. The predicted octanol–water partition coefficient (Wildman–Crippen LogP) is 5.38. The third-order valence-corrected chi connectivity index (χ3v) is 7.79. The lowest BCUT2D eigenvalue weighted by Gasteiger charge is -2.76. The van der Waals surface area contributed by atoms with Gasteiger partial charge in [0.25, 0.3) is 0 Å². The molecule has 1 saturated heterocycles. The number of nitrogens with zero attached hydrogens (tertiary/aromatic N) is 1. The monoisotopic (exact) mass is 505 g/mol. The van der Waals surface area contributed by atoms with Crippen LogP contribution in [0.25, 0.3) is 0 Å². The molecule has 1 aromatic rings. The zero-order chi connectivity index (χ0) is 26.0. The number of aliphatic hydroxyl groups is 1. The van der Waals surface area contributed by atoms with E-state index in [0.717, 1.165) is 6.07 Å². The largest absolute Gasteiger partial charge is 0.492 e. The minimum Gasteiger partial charge on any atom is -0.492 e. The van der Waals surface area contributed by atoms with Gasteiger partial charge in [-0.15, -0.1) is 0 Å². The molecule has 1 heterocycles. The molecule has 0 amide bonds. The van der Waals surface area contributed by atoms with Crippen molar-refractivity contribution in [3.05, 3.63) is 23.3 Å². The van der Waals surface area contributed by atoms with Crippen molar-refractivity contribution in [2.24, 2.45) is 10.8 Å². The van der Waals surface area contributed by atoms with E-state index in [1.165, 1.54) is 6.07 Å². The Morgan fingerprint density at radius 2 is 1.80 bits per heavy atom. The molecule has 0 radical (unpaired) electrons. The summed E-state index contributed by atoms with van der Waals surface area (Å²) in [7, 11) is 0. The van der Waals surface area contributed by atoms with Crippen LogP contribution < -0.4 is 15.4 Å². The number of nitriles is 1. The fourth-order valence-corrected chi connectivity index (χ4v) is 6.29. The smallest absolute Gasteiger partial charge is 0.418 e. The van der Waals surface area contributed by atoms with Crippen molar-refractivity contribution in [3.8, 4) is 11.8 Å². The number of ether oxygens (including phenoxy) is 1. The number of alkyl halides is 6. The van der Waals surface area contributed by atoms with Gasteiger partial charge in [0.1, 0.15) is 18.4 Å². The fraction of sp³-hybridized carbons (Fsp3) is 0.708. The first-order valence-electron chi connectivity index (χ1n) is 11.6. The Hall–Kier alpha value is -2.19. The molecule has 35 heavy (non-hydrogen) atoms. The van der Waals surface area contributed by atoms with Crippen molar-refractivity contribution < 1.29 is 36.2 Å². The zero-order valence-corrected chi connectivity index (χ0v) is 19.7. The first kappa shape index (κ1) is 25.9. The van der Waals surface area contributed by atoms with Gasteiger partial charge in [-0.2, -0.15) is 31.6 Å². The number of hydrogen-bond acceptors (Lipinski definition) is 5. The van der Waals surface area contributed by atoms with Gasteiger partial charge < -0.3 is 20.5 Å². The maximum atomic E-state index is 13.7. The maximum Gasteiger partial charge on any atom is 0.418 e. The van der Waals surface area contributed by atoms with E-state index >= 15 is 0 Å². The van der Waals surface area contributed by atoms with Gasteiger partial charge in [-0.25, -0.2) is 0 Å². The lowest BCUT2D eigenvalue weighted by Crippen LogP contribution is -2.78.